The fourth-order valence-corrected chi connectivity index (χ4v) is 2.77. The molecule has 0 unspecified atom stereocenters. The van der Waals surface area contributed by atoms with Crippen LogP contribution < -0.4 is 5.56 Å². The van der Waals surface area contributed by atoms with Gasteiger partial charge in [-0.2, -0.15) is 0 Å². The van der Waals surface area contributed by atoms with Gasteiger partial charge in [0.2, 0.25) is 0 Å². The predicted octanol–water partition coefficient (Wildman–Crippen LogP) is 0.582. The average molecular weight is 256 g/mol. The van der Waals surface area contributed by atoms with Crippen LogP contribution in [0.5, 0.6) is 0 Å². The second-order valence-corrected chi connectivity index (χ2v) is 7.20. The Morgan fingerprint density at radius 3 is 2.71 bits per heavy atom. The van der Waals surface area contributed by atoms with Gasteiger partial charge in [-0.3, -0.25) is 4.79 Å². The maximum Gasteiger partial charge on any atom is 0.254 e. The van der Waals surface area contributed by atoms with Crippen molar-refractivity contribution in [1.82, 2.24) is 9.97 Å². The quantitative estimate of drug-likeness (QED) is 0.858. The third-order valence-corrected chi connectivity index (χ3v) is 5.16. The van der Waals surface area contributed by atoms with Crippen LogP contribution in [0.4, 0.5) is 0 Å². The lowest BCUT2D eigenvalue weighted by molar-refractivity contribution is 0.584. The third kappa shape index (κ3) is 2.41. The Bertz CT molecular complexity index is 587. The summed E-state index contributed by atoms with van der Waals surface area (Å²) in [6.45, 7) is 3.25. The molecule has 0 aliphatic heterocycles. The molecule has 1 aliphatic rings. The Kier molecular flexibility index (Phi) is 3.07. The lowest BCUT2D eigenvalue weighted by Gasteiger charge is -2.08. The minimum atomic E-state index is -3.22. The largest absolute Gasteiger partial charge is 0.309 e. The van der Waals surface area contributed by atoms with Crippen LogP contribution in [-0.4, -0.2) is 23.6 Å². The minimum Gasteiger partial charge on any atom is -0.309 e. The number of H-pyrrole nitrogens is 1. The summed E-state index contributed by atoms with van der Waals surface area (Å²) in [4.78, 5) is 18.5. The lowest BCUT2D eigenvalue weighted by atomic mass is 10.2. The predicted molar refractivity (Wildman–Crippen MR) is 64.6 cm³/mol. The molecule has 0 radical (unpaired) electrons. The summed E-state index contributed by atoms with van der Waals surface area (Å²) in [6.07, 6.45) is 2.44. The van der Waals surface area contributed by atoms with Gasteiger partial charge in [0.1, 0.15) is 11.6 Å². The fraction of sp³-hybridized carbons (Fsp3) is 0.636. The average Bonchev–Trinajstić information content (AvgIpc) is 2.64. The van der Waals surface area contributed by atoms with Gasteiger partial charge in [-0.1, -0.05) is 0 Å². The van der Waals surface area contributed by atoms with Crippen molar-refractivity contribution in [3.05, 3.63) is 27.4 Å². The monoisotopic (exact) mass is 256 g/mol. The van der Waals surface area contributed by atoms with E-state index >= 15 is 0 Å². The Labute approximate surface area is 100 Å². The molecule has 0 fully saturated rings. The number of hydrogen-bond donors (Lipinski definition) is 1. The molecular weight excluding hydrogens is 240 g/mol. The fourth-order valence-electron chi connectivity index (χ4n) is 1.92. The summed E-state index contributed by atoms with van der Waals surface area (Å²) >= 11 is 0. The highest BCUT2D eigenvalue weighted by Crippen LogP contribution is 2.16. The topological polar surface area (TPSA) is 79.9 Å². The standard InChI is InChI=1S/C11H16N2O3S/c1-7(2)17(15,16)6-10-12-9-5-3-4-8(9)11(14)13-10/h7H,3-6H2,1-2H3,(H,12,13,14). The van der Waals surface area contributed by atoms with Crippen molar-refractivity contribution in [3.8, 4) is 0 Å². The zero-order valence-corrected chi connectivity index (χ0v) is 10.8. The highest BCUT2D eigenvalue weighted by Gasteiger charge is 2.21. The number of aromatic amines is 1. The number of nitrogens with one attached hydrogen (secondary N) is 1. The van der Waals surface area contributed by atoms with E-state index in [1.54, 1.807) is 13.8 Å². The van der Waals surface area contributed by atoms with Gasteiger partial charge in [-0.25, -0.2) is 13.4 Å². The number of rotatable bonds is 3. The summed E-state index contributed by atoms with van der Waals surface area (Å²) in [5.41, 5.74) is 1.31. The third-order valence-electron chi connectivity index (χ3n) is 3.05. The smallest absolute Gasteiger partial charge is 0.254 e. The van der Waals surface area contributed by atoms with E-state index in [-0.39, 0.29) is 17.1 Å². The number of aromatic nitrogens is 2. The molecule has 0 aromatic carbocycles. The van der Waals surface area contributed by atoms with E-state index in [0.717, 1.165) is 30.5 Å². The maximum absolute atomic E-state index is 11.7. The molecule has 2 rings (SSSR count). The number of fused-ring (bicyclic) bond motifs is 1. The first-order valence-corrected chi connectivity index (χ1v) is 7.44. The Morgan fingerprint density at radius 1 is 1.35 bits per heavy atom. The second-order valence-electron chi connectivity index (χ2n) is 4.65. The summed E-state index contributed by atoms with van der Waals surface area (Å²) in [5, 5.41) is -0.457. The van der Waals surface area contributed by atoms with Crippen molar-refractivity contribution in [2.45, 2.75) is 44.1 Å². The first-order valence-electron chi connectivity index (χ1n) is 5.72. The Morgan fingerprint density at radius 2 is 2.06 bits per heavy atom. The summed E-state index contributed by atoms with van der Waals surface area (Å²) in [7, 11) is -3.22. The van der Waals surface area contributed by atoms with Crippen LogP contribution in [0, 0.1) is 0 Å². The molecular formula is C11H16N2O3S. The molecule has 0 saturated carbocycles. The molecule has 0 saturated heterocycles. The van der Waals surface area contributed by atoms with E-state index in [1.807, 2.05) is 0 Å². The SMILES string of the molecule is CC(C)S(=O)(=O)Cc1nc2c(c(=O)[nH]1)CCC2. The van der Waals surface area contributed by atoms with Crippen molar-refractivity contribution in [2.75, 3.05) is 0 Å². The van der Waals surface area contributed by atoms with Gasteiger partial charge in [-0.15, -0.1) is 0 Å². The van der Waals surface area contributed by atoms with Gasteiger partial charge >= 0.3 is 0 Å². The van der Waals surface area contributed by atoms with Crippen molar-refractivity contribution in [2.24, 2.45) is 0 Å². The van der Waals surface area contributed by atoms with Gasteiger partial charge in [0, 0.05) is 5.56 Å². The van der Waals surface area contributed by atoms with Crippen molar-refractivity contribution < 1.29 is 8.42 Å². The molecule has 0 amide bonds. The van der Waals surface area contributed by atoms with Crippen LogP contribution in [0.2, 0.25) is 0 Å². The van der Waals surface area contributed by atoms with E-state index in [0.29, 0.717) is 0 Å². The summed E-state index contributed by atoms with van der Waals surface area (Å²) in [5.74, 6) is 0.0806. The molecule has 1 aromatic rings. The molecule has 1 heterocycles. The van der Waals surface area contributed by atoms with Crippen LogP contribution in [0.15, 0.2) is 4.79 Å². The van der Waals surface area contributed by atoms with Crippen LogP contribution in [0.1, 0.15) is 37.4 Å². The summed E-state index contributed by atoms with van der Waals surface area (Å²) in [6, 6.07) is 0. The van der Waals surface area contributed by atoms with E-state index in [1.165, 1.54) is 0 Å². The zero-order chi connectivity index (χ0) is 12.6. The number of aryl methyl sites for hydroxylation is 1. The normalized spacial score (nSPS) is 15.2. The molecule has 17 heavy (non-hydrogen) atoms. The zero-order valence-electron chi connectivity index (χ0n) is 9.99. The van der Waals surface area contributed by atoms with Crippen molar-refractivity contribution in [1.29, 1.82) is 0 Å². The van der Waals surface area contributed by atoms with E-state index < -0.39 is 15.1 Å². The Balaban J connectivity index is 2.37. The van der Waals surface area contributed by atoms with E-state index in [2.05, 4.69) is 9.97 Å². The molecule has 1 aromatic heterocycles. The first-order chi connectivity index (χ1) is 7.90. The first kappa shape index (κ1) is 12.3. The molecule has 0 atom stereocenters. The molecule has 94 valence electrons. The van der Waals surface area contributed by atoms with E-state index in [9.17, 15) is 13.2 Å². The molecule has 5 nitrogen and oxygen atoms in total. The van der Waals surface area contributed by atoms with Crippen LogP contribution >= 0.6 is 0 Å². The van der Waals surface area contributed by atoms with Crippen molar-refractivity contribution in [3.63, 3.8) is 0 Å². The number of hydrogen-bond acceptors (Lipinski definition) is 4. The molecule has 0 spiro atoms. The van der Waals surface area contributed by atoms with Gasteiger partial charge in [0.25, 0.3) is 5.56 Å². The lowest BCUT2D eigenvalue weighted by Crippen LogP contribution is -2.22. The second kappa shape index (κ2) is 4.25. The van der Waals surface area contributed by atoms with Crippen LogP contribution in [0.3, 0.4) is 0 Å². The highest BCUT2D eigenvalue weighted by molar-refractivity contribution is 7.91. The summed E-state index contributed by atoms with van der Waals surface area (Å²) < 4.78 is 23.5. The number of sulfone groups is 1. The molecule has 1 N–H and O–H groups in total. The van der Waals surface area contributed by atoms with Gasteiger partial charge < -0.3 is 4.98 Å². The van der Waals surface area contributed by atoms with Crippen LogP contribution in [-0.2, 0) is 28.4 Å². The van der Waals surface area contributed by atoms with Gasteiger partial charge in [0.15, 0.2) is 9.84 Å². The van der Waals surface area contributed by atoms with Gasteiger partial charge in [0.05, 0.1) is 10.9 Å². The van der Waals surface area contributed by atoms with Gasteiger partial charge in [-0.05, 0) is 33.1 Å². The minimum absolute atomic E-state index is 0.179. The molecule has 1 aliphatic carbocycles. The number of nitrogens with zero attached hydrogens (tertiary/aromatic N) is 1. The van der Waals surface area contributed by atoms with E-state index in [4.69, 9.17) is 0 Å². The highest BCUT2D eigenvalue weighted by atomic mass is 32.2. The van der Waals surface area contributed by atoms with Crippen molar-refractivity contribution >= 4 is 9.84 Å². The molecule has 0 bridgehead atoms. The maximum atomic E-state index is 11.7. The molecule has 6 heteroatoms. The Hall–Kier alpha value is -1.17. The van der Waals surface area contributed by atoms with Crippen LogP contribution in [0.25, 0.3) is 0 Å².